The minimum atomic E-state index is -0.443. The van der Waals surface area contributed by atoms with Crippen LogP contribution in [0.4, 0.5) is 5.69 Å². The van der Waals surface area contributed by atoms with Crippen LogP contribution in [0.25, 0.3) is 0 Å². The molecule has 0 bridgehead atoms. The summed E-state index contributed by atoms with van der Waals surface area (Å²) in [5, 5.41) is 14.8. The fourth-order valence-electron chi connectivity index (χ4n) is 3.07. The van der Waals surface area contributed by atoms with E-state index in [0.29, 0.717) is 40.5 Å². The van der Waals surface area contributed by atoms with Crippen molar-refractivity contribution in [3.05, 3.63) is 91.9 Å². The number of halogens is 1. The SMILES string of the molecule is CCCOc1ccc(C(=O)N/N=C/c2ccc(OCc3ccc([N+](=O)[O-])cc3)c(Br)c2)cc1OCC. The summed E-state index contributed by atoms with van der Waals surface area (Å²) in [4.78, 5) is 22.8. The van der Waals surface area contributed by atoms with Crippen molar-refractivity contribution in [2.75, 3.05) is 13.2 Å². The van der Waals surface area contributed by atoms with Crippen LogP contribution in [0.1, 0.15) is 41.8 Å². The van der Waals surface area contributed by atoms with E-state index in [9.17, 15) is 14.9 Å². The van der Waals surface area contributed by atoms with Crippen molar-refractivity contribution in [1.29, 1.82) is 0 Å². The van der Waals surface area contributed by atoms with Crippen LogP contribution < -0.4 is 19.6 Å². The van der Waals surface area contributed by atoms with Gasteiger partial charge in [0.05, 0.1) is 28.8 Å². The summed E-state index contributed by atoms with van der Waals surface area (Å²) < 4.78 is 17.8. The molecule has 0 fully saturated rings. The predicted octanol–water partition coefficient (Wildman–Crippen LogP) is 5.89. The number of carbonyl (C=O) groups is 1. The molecule has 0 aliphatic carbocycles. The minimum Gasteiger partial charge on any atom is -0.490 e. The van der Waals surface area contributed by atoms with E-state index in [1.807, 2.05) is 13.8 Å². The molecule has 3 aromatic rings. The Kier molecular flexibility index (Phi) is 9.82. The van der Waals surface area contributed by atoms with Gasteiger partial charge in [-0.3, -0.25) is 14.9 Å². The zero-order chi connectivity index (χ0) is 25.9. The van der Waals surface area contributed by atoms with Gasteiger partial charge in [0.25, 0.3) is 11.6 Å². The van der Waals surface area contributed by atoms with Crippen LogP contribution in [0.15, 0.2) is 70.2 Å². The van der Waals surface area contributed by atoms with Crippen LogP contribution in [0.2, 0.25) is 0 Å². The standard InChI is InChI=1S/C26H26BrN3O6/c1-3-13-35-24-12-8-20(15-25(24)34-4-2)26(31)29-28-16-19-7-11-23(22(27)14-19)36-17-18-5-9-21(10-6-18)30(32)33/h5-12,14-16H,3-4,13,17H2,1-2H3,(H,29,31)/b28-16+. The Morgan fingerprint density at radius 2 is 1.75 bits per heavy atom. The molecule has 36 heavy (non-hydrogen) atoms. The van der Waals surface area contributed by atoms with Gasteiger partial charge in [0.15, 0.2) is 11.5 Å². The Hall–Kier alpha value is -3.92. The molecule has 188 valence electrons. The molecule has 1 N–H and O–H groups in total. The Labute approximate surface area is 217 Å². The van der Waals surface area contributed by atoms with Gasteiger partial charge in [-0.25, -0.2) is 5.43 Å². The van der Waals surface area contributed by atoms with E-state index in [0.717, 1.165) is 17.5 Å². The molecule has 0 saturated carbocycles. The van der Waals surface area contributed by atoms with Crippen LogP contribution in [0.3, 0.4) is 0 Å². The molecule has 3 aromatic carbocycles. The number of hydrazone groups is 1. The maximum absolute atomic E-state index is 12.5. The topological polar surface area (TPSA) is 112 Å². The van der Waals surface area contributed by atoms with Crippen molar-refractivity contribution in [3.63, 3.8) is 0 Å². The molecule has 0 aromatic heterocycles. The van der Waals surface area contributed by atoms with E-state index in [2.05, 4.69) is 26.5 Å². The number of amides is 1. The van der Waals surface area contributed by atoms with Crippen LogP contribution >= 0.6 is 15.9 Å². The summed E-state index contributed by atoms with van der Waals surface area (Å²) in [5.41, 5.74) is 4.48. The summed E-state index contributed by atoms with van der Waals surface area (Å²) in [6, 6.07) is 16.5. The molecule has 1 amide bonds. The van der Waals surface area contributed by atoms with Gasteiger partial charge in [-0.2, -0.15) is 5.10 Å². The molecule has 10 heteroatoms. The van der Waals surface area contributed by atoms with E-state index in [1.165, 1.54) is 18.3 Å². The first-order valence-corrected chi connectivity index (χ1v) is 12.1. The molecule has 0 saturated heterocycles. The Bertz CT molecular complexity index is 1230. The molecule has 0 aliphatic heterocycles. The first kappa shape index (κ1) is 26.7. The van der Waals surface area contributed by atoms with Gasteiger partial charge < -0.3 is 14.2 Å². The fraction of sp³-hybridized carbons (Fsp3) is 0.231. The highest BCUT2D eigenvalue weighted by Crippen LogP contribution is 2.29. The predicted molar refractivity (Wildman–Crippen MR) is 140 cm³/mol. The lowest BCUT2D eigenvalue weighted by Crippen LogP contribution is -2.17. The number of non-ortho nitro benzene ring substituents is 1. The number of hydrogen-bond acceptors (Lipinski definition) is 7. The molecular formula is C26H26BrN3O6. The number of nitro groups is 1. The van der Waals surface area contributed by atoms with E-state index < -0.39 is 4.92 Å². The second-order valence-corrected chi connectivity index (χ2v) is 8.40. The number of benzene rings is 3. The molecule has 0 atom stereocenters. The third-order valence-corrected chi connectivity index (χ3v) is 5.46. The number of nitrogens with one attached hydrogen (secondary N) is 1. The Morgan fingerprint density at radius 1 is 1.00 bits per heavy atom. The Balaban J connectivity index is 1.58. The first-order chi connectivity index (χ1) is 17.4. The van der Waals surface area contributed by atoms with Gasteiger partial charge in [-0.15, -0.1) is 0 Å². The lowest BCUT2D eigenvalue weighted by Gasteiger charge is -2.12. The van der Waals surface area contributed by atoms with Crippen molar-refractivity contribution < 1.29 is 23.9 Å². The third kappa shape index (κ3) is 7.54. The number of ether oxygens (including phenoxy) is 3. The smallest absolute Gasteiger partial charge is 0.271 e. The van der Waals surface area contributed by atoms with Gasteiger partial charge in [0.1, 0.15) is 12.4 Å². The highest BCUT2D eigenvalue weighted by molar-refractivity contribution is 9.10. The summed E-state index contributed by atoms with van der Waals surface area (Å²) >= 11 is 3.47. The molecule has 9 nitrogen and oxygen atoms in total. The number of nitro benzene ring substituents is 1. The van der Waals surface area contributed by atoms with E-state index >= 15 is 0 Å². The summed E-state index contributed by atoms with van der Waals surface area (Å²) in [7, 11) is 0. The maximum atomic E-state index is 12.5. The number of rotatable bonds is 12. The second-order valence-electron chi connectivity index (χ2n) is 7.54. The van der Waals surface area contributed by atoms with Gasteiger partial charge in [0.2, 0.25) is 0 Å². The average Bonchev–Trinajstić information content (AvgIpc) is 2.87. The van der Waals surface area contributed by atoms with Gasteiger partial charge in [0, 0.05) is 17.7 Å². The zero-order valence-corrected chi connectivity index (χ0v) is 21.5. The van der Waals surface area contributed by atoms with Gasteiger partial charge in [-0.1, -0.05) is 6.92 Å². The Morgan fingerprint density at radius 3 is 2.42 bits per heavy atom. The highest BCUT2D eigenvalue weighted by Gasteiger charge is 2.11. The number of hydrogen-bond donors (Lipinski definition) is 1. The molecular weight excluding hydrogens is 530 g/mol. The van der Waals surface area contributed by atoms with Crippen LogP contribution in [-0.4, -0.2) is 30.3 Å². The zero-order valence-electron chi connectivity index (χ0n) is 19.9. The van der Waals surface area contributed by atoms with E-state index in [4.69, 9.17) is 14.2 Å². The second kappa shape index (κ2) is 13.2. The average molecular weight is 556 g/mol. The van der Waals surface area contributed by atoms with Crippen molar-refractivity contribution in [2.45, 2.75) is 26.9 Å². The lowest BCUT2D eigenvalue weighted by atomic mass is 10.2. The summed E-state index contributed by atoms with van der Waals surface area (Å²) in [5.74, 6) is 1.33. The van der Waals surface area contributed by atoms with E-state index in [-0.39, 0.29) is 18.2 Å². The van der Waals surface area contributed by atoms with Gasteiger partial charge >= 0.3 is 0 Å². The molecule has 0 radical (unpaired) electrons. The summed E-state index contributed by atoms with van der Waals surface area (Å²) in [6.45, 7) is 5.15. The normalized spacial score (nSPS) is 10.8. The lowest BCUT2D eigenvalue weighted by molar-refractivity contribution is -0.384. The summed E-state index contributed by atoms with van der Waals surface area (Å²) in [6.07, 6.45) is 2.39. The van der Waals surface area contributed by atoms with Crippen molar-refractivity contribution in [2.24, 2.45) is 5.10 Å². The van der Waals surface area contributed by atoms with Crippen molar-refractivity contribution in [1.82, 2.24) is 5.43 Å². The third-order valence-electron chi connectivity index (χ3n) is 4.84. The molecule has 0 aliphatic rings. The molecule has 0 spiro atoms. The minimum absolute atomic E-state index is 0.0309. The van der Waals surface area contributed by atoms with Gasteiger partial charge in [-0.05, 0) is 88.9 Å². The number of carbonyl (C=O) groups excluding carboxylic acids is 1. The largest absolute Gasteiger partial charge is 0.490 e. The van der Waals surface area contributed by atoms with Crippen LogP contribution in [0, 0.1) is 10.1 Å². The first-order valence-electron chi connectivity index (χ1n) is 11.3. The van der Waals surface area contributed by atoms with Crippen molar-refractivity contribution >= 4 is 33.7 Å². The molecule has 0 heterocycles. The molecule has 3 rings (SSSR count). The molecule has 0 unspecified atom stereocenters. The van der Waals surface area contributed by atoms with Crippen LogP contribution in [0.5, 0.6) is 17.2 Å². The monoisotopic (exact) mass is 555 g/mol. The fourth-order valence-corrected chi connectivity index (χ4v) is 3.58. The number of nitrogens with zero attached hydrogens (tertiary/aromatic N) is 2. The van der Waals surface area contributed by atoms with Crippen LogP contribution in [-0.2, 0) is 6.61 Å². The quantitative estimate of drug-likeness (QED) is 0.169. The maximum Gasteiger partial charge on any atom is 0.271 e. The highest BCUT2D eigenvalue weighted by atomic mass is 79.9. The van der Waals surface area contributed by atoms with Crippen molar-refractivity contribution in [3.8, 4) is 17.2 Å². The van der Waals surface area contributed by atoms with E-state index in [1.54, 1.807) is 48.5 Å².